The minimum absolute atomic E-state index is 0.0548. The summed E-state index contributed by atoms with van der Waals surface area (Å²) in [4.78, 5) is 22.1. The van der Waals surface area contributed by atoms with Gasteiger partial charge in [-0.15, -0.1) is 0 Å². The molecule has 2 aliphatic carbocycles. The Kier molecular flexibility index (Phi) is 2.94. The number of piperidine rings is 1. The van der Waals surface area contributed by atoms with Gasteiger partial charge in [0.25, 0.3) is 0 Å². The number of aromatic amines is 1. The number of hydrogen-bond acceptors (Lipinski definition) is 4. The fourth-order valence-corrected chi connectivity index (χ4v) is 4.41. The summed E-state index contributed by atoms with van der Waals surface area (Å²) in [7, 11) is 0. The molecule has 1 saturated heterocycles. The van der Waals surface area contributed by atoms with E-state index in [4.69, 9.17) is 0 Å². The predicted octanol–water partition coefficient (Wildman–Crippen LogP) is 3.02. The molecular weight excluding hydrogens is 314 g/mol. The zero-order chi connectivity index (χ0) is 17.2. The van der Waals surface area contributed by atoms with Crippen molar-refractivity contribution in [2.75, 3.05) is 23.3 Å². The average molecular weight is 335 g/mol. The van der Waals surface area contributed by atoms with E-state index in [1.807, 2.05) is 6.07 Å². The normalized spacial score (nSPS) is 27.2. The molecule has 6 nitrogen and oxygen atoms in total. The molecule has 3 fully saturated rings. The van der Waals surface area contributed by atoms with Gasteiger partial charge in [0.1, 0.15) is 17.5 Å². The van der Waals surface area contributed by atoms with Gasteiger partial charge in [0.15, 0.2) is 0 Å². The summed E-state index contributed by atoms with van der Waals surface area (Å²) in [6.45, 7) is 4.32. The van der Waals surface area contributed by atoms with Crippen LogP contribution < -0.4 is 10.2 Å². The number of carbonyl (C=O) groups is 1. The summed E-state index contributed by atoms with van der Waals surface area (Å²) in [6.07, 6.45) is 6.16. The molecule has 0 bridgehead atoms. The summed E-state index contributed by atoms with van der Waals surface area (Å²) in [5.41, 5.74) is 2.76. The Balaban J connectivity index is 1.56. The third-order valence-corrected chi connectivity index (χ3v) is 6.29. The van der Waals surface area contributed by atoms with E-state index in [0.717, 1.165) is 42.9 Å². The second-order valence-corrected chi connectivity index (χ2v) is 7.83. The van der Waals surface area contributed by atoms with Crippen molar-refractivity contribution in [3.63, 3.8) is 0 Å². The quantitative estimate of drug-likeness (QED) is 0.899. The highest BCUT2D eigenvalue weighted by molar-refractivity contribution is 6.00. The standard InChI is InChI=1S/C19H21N5O/c1-2-19-6-13(19)9-24(10-19)14-5-15(23-18(25)11-3-4-11)22-17-16(14)12(7-20)8-21-17/h5,8,11,13H,2-4,6,9-10H2,1H3,(H2,21,22,23,25). The van der Waals surface area contributed by atoms with Gasteiger partial charge in [-0.1, -0.05) is 6.92 Å². The van der Waals surface area contributed by atoms with Gasteiger partial charge in [0, 0.05) is 31.3 Å². The average Bonchev–Trinajstić information content (AvgIpc) is 3.51. The molecule has 6 heteroatoms. The largest absolute Gasteiger partial charge is 0.370 e. The summed E-state index contributed by atoms with van der Waals surface area (Å²) in [5, 5.41) is 13.3. The van der Waals surface area contributed by atoms with Crippen LogP contribution >= 0.6 is 0 Å². The van der Waals surface area contributed by atoms with Crippen molar-refractivity contribution in [3.05, 3.63) is 17.8 Å². The van der Waals surface area contributed by atoms with Crippen molar-refractivity contribution in [3.8, 4) is 6.07 Å². The van der Waals surface area contributed by atoms with E-state index in [1.165, 1.54) is 12.8 Å². The Hall–Kier alpha value is -2.55. The minimum Gasteiger partial charge on any atom is -0.370 e. The molecule has 5 rings (SSSR count). The number of hydrogen-bond donors (Lipinski definition) is 2. The van der Waals surface area contributed by atoms with Crippen molar-refractivity contribution >= 4 is 28.4 Å². The summed E-state index contributed by atoms with van der Waals surface area (Å²) in [6, 6.07) is 4.21. The highest BCUT2D eigenvalue weighted by atomic mass is 16.2. The van der Waals surface area contributed by atoms with Gasteiger partial charge in [0.2, 0.25) is 5.91 Å². The van der Waals surface area contributed by atoms with Gasteiger partial charge in [0.05, 0.1) is 16.6 Å². The van der Waals surface area contributed by atoms with Gasteiger partial charge >= 0.3 is 0 Å². The summed E-state index contributed by atoms with van der Waals surface area (Å²) in [5.74, 6) is 1.53. The lowest BCUT2D eigenvalue weighted by Crippen LogP contribution is -2.25. The van der Waals surface area contributed by atoms with Crippen LogP contribution in [0.15, 0.2) is 12.3 Å². The number of rotatable bonds is 4. The van der Waals surface area contributed by atoms with Crippen molar-refractivity contribution in [1.29, 1.82) is 5.26 Å². The molecule has 3 heterocycles. The van der Waals surface area contributed by atoms with E-state index >= 15 is 0 Å². The van der Waals surface area contributed by atoms with Crippen molar-refractivity contribution < 1.29 is 4.79 Å². The topological polar surface area (TPSA) is 84.8 Å². The maximum Gasteiger partial charge on any atom is 0.228 e. The number of H-pyrrole nitrogens is 1. The Morgan fingerprint density at radius 3 is 3.08 bits per heavy atom. The molecule has 1 aliphatic heterocycles. The molecule has 25 heavy (non-hydrogen) atoms. The minimum atomic E-state index is 0.0548. The van der Waals surface area contributed by atoms with E-state index in [0.29, 0.717) is 22.4 Å². The van der Waals surface area contributed by atoms with Crippen molar-refractivity contribution in [1.82, 2.24) is 9.97 Å². The SMILES string of the molecule is CCC12CC1CN(c1cc(NC(=O)C3CC3)nc3[nH]cc(C#N)c13)C2. The third-order valence-electron chi connectivity index (χ3n) is 6.29. The molecule has 0 radical (unpaired) electrons. The Bertz CT molecular complexity index is 918. The van der Waals surface area contributed by atoms with Crippen LogP contribution in [0, 0.1) is 28.6 Å². The molecule has 2 aromatic heterocycles. The molecule has 2 atom stereocenters. The van der Waals surface area contributed by atoms with Crippen molar-refractivity contribution in [2.24, 2.45) is 17.3 Å². The second kappa shape index (κ2) is 4.98. The smallest absolute Gasteiger partial charge is 0.228 e. The Labute approximate surface area is 146 Å². The fourth-order valence-electron chi connectivity index (χ4n) is 4.41. The molecule has 0 aromatic carbocycles. The Morgan fingerprint density at radius 1 is 1.56 bits per heavy atom. The van der Waals surface area contributed by atoms with Crippen LogP contribution in [0.4, 0.5) is 11.5 Å². The van der Waals surface area contributed by atoms with Gasteiger partial charge in [-0.05, 0) is 37.0 Å². The first kappa shape index (κ1) is 14.8. The van der Waals surface area contributed by atoms with E-state index < -0.39 is 0 Å². The van der Waals surface area contributed by atoms with Crippen LogP contribution in [0.5, 0.6) is 0 Å². The van der Waals surface area contributed by atoms with E-state index in [9.17, 15) is 10.1 Å². The maximum absolute atomic E-state index is 12.1. The van der Waals surface area contributed by atoms with Crippen LogP contribution in [-0.2, 0) is 4.79 Å². The first-order chi connectivity index (χ1) is 12.1. The molecule has 2 aromatic rings. The zero-order valence-electron chi connectivity index (χ0n) is 14.3. The maximum atomic E-state index is 12.1. The number of aromatic nitrogens is 2. The van der Waals surface area contributed by atoms with Crippen LogP contribution in [0.2, 0.25) is 0 Å². The monoisotopic (exact) mass is 335 g/mol. The van der Waals surface area contributed by atoms with Crippen LogP contribution in [0.25, 0.3) is 11.0 Å². The fraction of sp³-hybridized carbons (Fsp3) is 0.526. The van der Waals surface area contributed by atoms with Gasteiger partial charge < -0.3 is 15.2 Å². The first-order valence-electron chi connectivity index (χ1n) is 9.11. The highest BCUT2D eigenvalue weighted by Gasteiger charge is 2.58. The van der Waals surface area contributed by atoms with E-state index in [1.54, 1.807) is 6.20 Å². The number of fused-ring (bicyclic) bond motifs is 2. The summed E-state index contributed by atoms with van der Waals surface area (Å²) >= 11 is 0. The van der Waals surface area contributed by atoms with Crippen molar-refractivity contribution in [2.45, 2.75) is 32.6 Å². The number of carbonyl (C=O) groups excluding carboxylic acids is 1. The molecule has 128 valence electrons. The summed E-state index contributed by atoms with van der Waals surface area (Å²) < 4.78 is 0. The molecule has 0 spiro atoms. The Morgan fingerprint density at radius 2 is 2.40 bits per heavy atom. The lowest BCUT2D eigenvalue weighted by molar-refractivity contribution is -0.117. The van der Waals surface area contributed by atoms with E-state index in [-0.39, 0.29) is 11.8 Å². The second-order valence-electron chi connectivity index (χ2n) is 7.83. The third kappa shape index (κ3) is 2.22. The van der Waals surface area contributed by atoms with Gasteiger partial charge in [-0.2, -0.15) is 5.26 Å². The molecular formula is C19H21N5O. The van der Waals surface area contributed by atoms with Crippen LogP contribution in [0.3, 0.4) is 0 Å². The number of nitriles is 1. The lowest BCUT2D eigenvalue weighted by atomic mass is 10.0. The molecule has 2 saturated carbocycles. The number of anilines is 2. The van der Waals surface area contributed by atoms with Gasteiger partial charge in [-0.3, -0.25) is 4.79 Å². The molecule has 3 aliphatic rings. The highest BCUT2D eigenvalue weighted by Crippen LogP contribution is 2.60. The lowest BCUT2D eigenvalue weighted by Gasteiger charge is -2.24. The van der Waals surface area contributed by atoms with Crippen LogP contribution in [-0.4, -0.2) is 29.0 Å². The van der Waals surface area contributed by atoms with Gasteiger partial charge in [-0.25, -0.2) is 4.98 Å². The number of nitrogens with one attached hydrogen (secondary N) is 2. The van der Waals surface area contributed by atoms with Crippen LogP contribution in [0.1, 0.15) is 38.2 Å². The number of nitrogens with zero attached hydrogens (tertiary/aromatic N) is 3. The molecule has 2 N–H and O–H groups in total. The molecule has 1 amide bonds. The number of amides is 1. The first-order valence-corrected chi connectivity index (χ1v) is 9.11. The predicted molar refractivity (Wildman–Crippen MR) is 95.2 cm³/mol. The zero-order valence-corrected chi connectivity index (χ0v) is 14.3. The number of pyridine rings is 1. The van der Waals surface area contributed by atoms with E-state index in [2.05, 4.69) is 33.2 Å². The molecule has 2 unspecified atom stereocenters.